The van der Waals surface area contributed by atoms with Crippen LogP contribution < -0.4 is 4.74 Å². The molecule has 0 saturated heterocycles. The Kier molecular flexibility index (Phi) is 3.23. The lowest BCUT2D eigenvalue weighted by Gasteiger charge is -2.06. The third-order valence-corrected chi connectivity index (χ3v) is 2.18. The van der Waals surface area contributed by atoms with E-state index in [0.717, 1.165) is 10.9 Å². The number of ether oxygens (including phenoxy) is 1. The highest BCUT2D eigenvalue weighted by atomic mass is 35.5. The van der Waals surface area contributed by atoms with E-state index in [9.17, 15) is 0 Å². The first-order valence-electron chi connectivity index (χ1n) is 4.42. The van der Waals surface area contributed by atoms with Crippen molar-refractivity contribution in [1.82, 2.24) is 9.97 Å². The SMILES string of the molecule is ClCCOc1nc(Cl)nc2ccccc12. The number of benzene rings is 1. The molecule has 0 aliphatic heterocycles. The molecule has 0 fully saturated rings. The summed E-state index contributed by atoms with van der Waals surface area (Å²) in [5.74, 6) is 0.891. The first-order valence-corrected chi connectivity index (χ1v) is 5.33. The summed E-state index contributed by atoms with van der Waals surface area (Å²) in [6.07, 6.45) is 0. The summed E-state index contributed by atoms with van der Waals surface area (Å²) in [5.41, 5.74) is 0.766. The van der Waals surface area contributed by atoms with Gasteiger partial charge in [0, 0.05) is 0 Å². The molecular weight excluding hydrogens is 235 g/mol. The molecule has 0 bridgehead atoms. The zero-order valence-electron chi connectivity index (χ0n) is 7.78. The number of alkyl halides is 1. The van der Waals surface area contributed by atoms with Crippen LogP contribution in [0.1, 0.15) is 0 Å². The largest absolute Gasteiger partial charge is 0.476 e. The van der Waals surface area contributed by atoms with Gasteiger partial charge in [0.1, 0.15) is 6.61 Å². The molecule has 0 amide bonds. The second kappa shape index (κ2) is 4.64. The van der Waals surface area contributed by atoms with Crippen LogP contribution in [-0.4, -0.2) is 22.5 Å². The van der Waals surface area contributed by atoms with Crippen LogP contribution in [0, 0.1) is 0 Å². The van der Waals surface area contributed by atoms with Crippen LogP contribution in [0.2, 0.25) is 5.28 Å². The maximum atomic E-state index is 5.77. The van der Waals surface area contributed by atoms with Gasteiger partial charge in [-0.1, -0.05) is 12.1 Å². The molecule has 1 aromatic carbocycles. The van der Waals surface area contributed by atoms with Crippen molar-refractivity contribution in [3.05, 3.63) is 29.5 Å². The molecule has 1 aromatic heterocycles. The van der Waals surface area contributed by atoms with Gasteiger partial charge in [0.05, 0.1) is 16.8 Å². The van der Waals surface area contributed by atoms with Crippen molar-refractivity contribution in [2.75, 3.05) is 12.5 Å². The topological polar surface area (TPSA) is 35.0 Å². The van der Waals surface area contributed by atoms with Crippen LogP contribution in [0.15, 0.2) is 24.3 Å². The molecule has 5 heteroatoms. The molecule has 2 aromatic rings. The number of nitrogens with zero attached hydrogens (tertiary/aromatic N) is 2. The first-order chi connectivity index (χ1) is 7.31. The zero-order chi connectivity index (χ0) is 10.7. The van der Waals surface area contributed by atoms with Gasteiger partial charge >= 0.3 is 0 Å². The lowest BCUT2D eigenvalue weighted by atomic mass is 10.2. The van der Waals surface area contributed by atoms with Crippen molar-refractivity contribution in [1.29, 1.82) is 0 Å². The Morgan fingerprint density at radius 3 is 2.80 bits per heavy atom. The minimum atomic E-state index is 0.179. The molecule has 0 atom stereocenters. The molecule has 0 N–H and O–H groups in total. The highest BCUT2D eigenvalue weighted by Crippen LogP contribution is 2.23. The maximum absolute atomic E-state index is 5.77. The van der Waals surface area contributed by atoms with Gasteiger partial charge in [-0.2, -0.15) is 4.98 Å². The Morgan fingerprint density at radius 2 is 2.00 bits per heavy atom. The zero-order valence-corrected chi connectivity index (χ0v) is 9.29. The lowest BCUT2D eigenvalue weighted by Crippen LogP contribution is -2.01. The van der Waals surface area contributed by atoms with Crippen molar-refractivity contribution >= 4 is 34.1 Å². The normalized spacial score (nSPS) is 10.5. The summed E-state index contributed by atoms with van der Waals surface area (Å²) in [6.45, 7) is 0.402. The Balaban J connectivity index is 2.50. The van der Waals surface area contributed by atoms with Gasteiger partial charge in [0.15, 0.2) is 0 Å². The molecular formula is C10H8Cl2N2O. The van der Waals surface area contributed by atoms with Crippen molar-refractivity contribution in [2.24, 2.45) is 0 Å². The third-order valence-electron chi connectivity index (χ3n) is 1.86. The standard InChI is InChI=1S/C10H8Cl2N2O/c11-5-6-15-9-7-3-1-2-4-8(7)13-10(12)14-9/h1-4H,5-6H2. The number of hydrogen-bond acceptors (Lipinski definition) is 3. The van der Waals surface area contributed by atoms with Crippen LogP contribution in [0.4, 0.5) is 0 Å². The molecule has 15 heavy (non-hydrogen) atoms. The molecule has 2 rings (SSSR count). The van der Waals surface area contributed by atoms with Gasteiger partial charge in [-0.3, -0.25) is 0 Å². The minimum absolute atomic E-state index is 0.179. The van der Waals surface area contributed by atoms with E-state index in [1.165, 1.54) is 0 Å². The van der Waals surface area contributed by atoms with Crippen LogP contribution in [-0.2, 0) is 0 Å². The van der Waals surface area contributed by atoms with Gasteiger partial charge in [-0.25, -0.2) is 4.98 Å². The predicted molar refractivity (Wildman–Crippen MR) is 60.8 cm³/mol. The number of hydrogen-bond donors (Lipinski definition) is 0. The van der Waals surface area contributed by atoms with Crippen LogP contribution >= 0.6 is 23.2 Å². The molecule has 3 nitrogen and oxygen atoms in total. The second-order valence-electron chi connectivity index (χ2n) is 2.85. The molecule has 0 aliphatic carbocycles. The fourth-order valence-corrected chi connectivity index (χ4v) is 1.51. The number of halogens is 2. The van der Waals surface area contributed by atoms with Crippen LogP contribution in [0.25, 0.3) is 10.9 Å². The number of rotatable bonds is 3. The number of aromatic nitrogens is 2. The average Bonchev–Trinajstić information content (AvgIpc) is 2.25. The van der Waals surface area contributed by atoms with E-state index >= 15 is 0 Å². The molecule has 0 unspecified atom stereocenters. The minimum Gasteiger partial charge on any atom is -0.476 e. The van der Waals surface area contributed by atoms with Gasteiger partial charge in [-0.05, 0) is 23.7 Å². The summed E-state index contributed by atoms with van der Waals surface area (Å²) in [5, 5.41) is 1.02. The summed E-state index contributed by atoms with van der Waals surface area (Å²) >= 11 is 11.3. The smallest absolute Gasteiger partial charge is 0.226 e. The van der Waals surface area contributed by atoms with Crippen LogP contribution in [0.5, 0.6) is 5.88 Å². The van der Waals surface area contributed by atoms with E-state index in [1.54, 1.807) is 0 Å². The average molecular weight is 243 g/mol. The maximum Gasteiger partial charge on any atom is 0.226 e. The molecule has 0 saturated carbocycles. The first kappa shape index (κ1) is 10.5. The van der Waals surface area contributed by atoms with E-state index in [0.29, 0.717) is 18.4 Å². The van der Waals surface area contributed by atoms with Gasteiger partial charge in [0.2, 0.25) is 11.2 Å². The highest BCUT2D eigenvalue weighted by Gasteiger charge is 2.06. The van der Waals surface area contributed by atoms with E-state index < -0.39 is 0 Å². The third kappa shape index (κ3) is 2.30. The quantitative estimate of drug-likeness (QED) is 0.614. The van der Waals surface area contributed by atoms with Crippen LogP contribution in [0.3, 0.4) is 0 Å². The predicted octanol–water partition coefficient (Wildman–Crippen LogP) is 2.90. The summed E-state index contributed by atoms with van der Waals surface area (Å²) in [4.78, 5) is 8.10. The highest BCUT2D eigenvalue weighted by molar-refractivity contribution is 6.28. The van der Waals surface area contributed by atoms with E-state index in [1.807, 2.05) is 24.3 Å². The number of fused-ring (bicyclic) bond motifs is 1. The van der Waals surface area contributed by atoms with Crippen molar-refractivity contribution in [2.45, 2.75) is 0 Å². The molecule has 0 aliphatic rings. The van der Waals surface area contributed by atoms with Gasteiger partial charge < -0.3 is 4.74 Å². The fraction of sp³-hybridized carbons (Fsp3) is 0.200. The molecule has 0 spiro atoms. The van der Waals surface area contributed by atoms with Gasteiger partial charge in [0.25, 0.3) is 0 Å². The number of para-hydroxylation sites is 1. The van der Waals surface area contributed by atoms with E-state index in [-0.39, 0.29) is 5.28 Å². The van der Waals surface area contributed by atoms with E-state index in [2.05, 4.69) is 9.97 Å². The lowest BCUT2D eigenvalue weighted by molar-refractivity contribution is 0.333. The van der Waals surface area contributed by atoms with Crippen molar-refractivity contribution in [3.8, 4) is 5.88 Å². The summed E-state index contributed by atoms with van der Waals surface area (Å²) < 4.78 is 5.38. The Bertz CT molecular complexity index is 476. The Labute approximate surface area is 97.0 Å². The molecule has 78 valence electrons. The Morgan fingerprint density at radius 1 is 1.20 bits per heavy atom. The summed E-state index contributed by atoms with van der Waals surface area (Å²) in [7, 11) is 0. The molecule has 1 heterocycles. The molecule has 0 radical (unpaired) electrons. The summed E-state index contributed by atoms with van der Waals surface area (Å²) in [6, 6.07) is 7.52. The van der Waals surface area contributed by atoms with E-state index in [4.69, 9.17) is 27.9 Å². The monoisotopic (exact) mass is 242 g/mol. The van der Waals surface area contributed by atoms with Crippen molar-refractivity contribution in [3.63, 3.8) is 0 Å². The van der Waals surface area contributed by atoms with Gasteiger partial charge in [-0.15, -0.1) is 11.6 Å². The Hall–Kier alpha value is -1.06. The fourth-order valence-electron chi connectivity index (χ4n) is 1.27. The second-order valence-corrected chi connectivity index (χ2v) is 3.57. The van der Waals surface area contributed by atoms with Crippen molar-refractivity contribution < 1.29 is 4.74 Å².